The average molecular weight is 337 g/mol. The summed E-state index contributed by atoms with van der Waals surface area (Å²) in [5, 5.41) is 3.54. The summed E-state index contributed by atoms with van der Waals surface area (Å²) < 4.78 is 14.2. The minimum absolute atomic E-state index is 0.156. The van der Waals surface area contributed by atoms with Gasteiger partial charge in [0.25, 0.3) is 0 Å². The molecule has 0 saturated heterocycles. The Morgan fingerprint density at radius 1 is 1.16 bits per heavy atom. The van der Waals surface area contributed by atoms with Gasteiger partial charge in [-0.3, -0.25) is 4.90 Å². The smallest absolute Gasteiger partial charge is 0.239 e. The predicted octanol–water partition coefficient (Wildman–Crippen LogP) is 2.83. The van der Waals surface area contributed by atoms with E-state index in [2.05, 4.69) is 20.2 Å². The molecule has 2 aromatic rings. The number of halogens is 1. The molecule has 128 valence electrons. The molecule has 1 fully saturated rings. The van der Waals surface area contributed by atoms with Crippen molar-refractivity contribution in [1.82, 2.24) is 14.9 Å². The van der Waals surface area contributed by atoms with Crippen LogP contribution in [0.1, 0.15) is 30.9 Å². The molecule has 3 heterocycles. The van der Waals surface area contributed by atoms with E-state index in [9.17, 15) is 4.39 Å². The maximum atomic E-state index is 14.2. The van der Waals surface area contributed by atoms with Gasteiger partial charge in [-0.25, -0.2) is 9.97 Å². The van der Waals surface area contributed by atoms with Gasteiger partial charge in [0.2, 0.25) is 5.95 Å². The van der Waals surface area contributed by atoms with Crippen LogP contribution in [0.3, 0.4) is 0 Å². The summed E-state index contributed by atoms with van der Waals surface area (Å²) in [5.41, 5.74) is 11.9. The first-order valence-electron chi connectivity index (χ1n) is 8.80. The number of aromatic nitrogens is 2. The van der Waals surface area contributed by atoms with Gasteiger partial charge in [0.15, 0.2) is 0 Å². The van der Waals surface area contributed by atoms with Gasteiger partial charge in [0.1, 0.15) is 5.69 Å². The Bertz CT molecular complexity index is 874. The number of rotatable bonds is 2. The van der Waals surface area contributed by atoms with Crippen LogP contribution < -0.4 is 11.1 Å². The minimum atomic E-state index is -0.562. The zero-order valence-electron chi connectivity index (χ0n) is 13.9. The van der Waals surface area contributed by atoms with Crippen LogP contribution in [0.15, 0.2) is 41.9 Å². The summed E-state index contributed by atoms with van der Waals surface area (Å²) in [6.07, 6.45) is 6.75. The lowest BCUT2D eigenvalue weighted by Crippen LogP contribution is -2.39. The van der Waals surface area contributed by atoms with Crippen molar-refractivity contribution in [3.63, 3.8) is 0 Å². The molecule has 0 bridgehead atoms. The Labute approximate surface area is 145 Å². The molecule has 1 atom stereocenters. The van der Waals surface area contributed by atoms with E-state index in [1.54, 1.807) is 0 Å². The number of benzene rings is 1. The topological polar surface area (TPSA) is 67.1 Å². The average Bonchev–Trinajstić information content (AvgIpc) is 2.97. The third-order valence-corrected chi connectivity index (χ3v) is 5.71. The first-order valence-corrected chi connectivity index (χ1v) is 8.80. The quantitative estimate of drug-likeness (QED) is 0.882. The Morgan fingerprint density at radius 3 is 2.76 bits per heavy atom. The first-order chi connectivity index (χ1) is 12.2. The molecule has 0 spiro atoms. The van der Waals surface area contributed by atoms with Crippen LogP contribution in [0, 0.1) is 5.95 Å². The lowest BCUT2D eigenvalue weighted by Gasteiger charge is -2.34. The second kappa shape index (κ2) is 5.61. The Kier molecular flexibility index (Phi) is 3.36. The second-order valence-corrected chi connectivity index (χ2v) is 7.06. The number of nitrogens with one attached hydrogen (secondary N) is 1. The van der Waals surface area contributed by atoms with Crippen LogP contribution in [0.4, 0.5) is 10.1 Å². The van der Waals surface area contributed by atoms with E-state index in [4.69, 9.17) is 5.73 Å². The number of nitrogens with two attached hydrogens (primary N) is 1. The highest BCUT2D eigenvalue weighted by atomic mass is 19.1. The van der Waals surface area contributed by atoms with Crippen molar-refractivity contribution in [1.29, 1.82) is 0 Å². The standard InChI is InChI=1S/C19H20FN5/c20-19-18(22-7-8-23-19)13-6-2-5-12-16(21)14-9-25(11-3-1-4-11)10-15(14)24-17(12)13/h2,5-8,11,16,24H,1,3-4,9-10,21H2. The van der Waals surface area contributed by atoms with Gasteiger partial charge >= 0.3 is 0 Å². The van der Waals surface area contributed by atoms with E-state index < -0.39 is 5.95 Å². The highest BCUT2D eigenvalue weighted by molar-refractivity contribution is 5.82. The SMILES string of the molecule is NC1C2=C(CN(C3CCC3)C2)Nc2c(-c3nccnc3F)cccc21. The number of nitrogens with zero attached hydrogens (tertiary/aromatic N) is 3. The molecule has 0 amide bonds. The molecule has 3 N–H and O–H groups in total. The van der Waals surface area contributed by atoms with Crippen LogP contribution in [0.2, 0.25) is 0 Å². The van der Waals surface area contributed by atoms with E-state index in [0.29, 0.717) is 11.6 Å². The molecule has 1 unspecified atom stereocenters. The molecule has 6 heteroatoms. The minimum Gasteiger partial charge on any atom is -0.357 e. The number of hydrogen-bond donors (Lipinski definition) is 2. The van der Waals surface area contributed by atoms with E-state index in [1.807, 2.05) is 18.2 Å². The third kappa shape index (κ3) is 2.28. The maximum absolute atomic E-state index is 14.2. The third-order valence-electron chi connectivity index (χ3n) is 5.71. The molecule has 5 rings (SSSR count). The Hall–Kier alpha value is -2.31. The number of para-hydroxylation sites is 1. The van der Waals surface area contributed by atoms with Crippen molar-refractivity contribution < 1.29 is 4.39 Å². The molecule has 25 heavy (non-hydrogen) atoms. The maximum Gasteiger partial charge on any atom is 0.239 e. The number of fused-ring (bicyclic) bond motifs is 1. The normalized spacial score (nSPS) is 23.0. The fraction of sp³-hybridized carbons (Fsp3) is 0.368. The fourth-order valence-corrected chi connectivity index (χ4v) is 4.10. The van der Waals surface area contributed by atoms with Gasteiger partial charge in [-0.1, -0.05) is 24.6 Å². The highest BCUT2D eigenvalue weighted by Crippen LogP contribution is 2.43. The summed E-state index contributed by atoms with van der Waals surface area (Å²) in [6.45, 7) is 1.82. The zero-order valence-corrected chi connectivity index (χ0v) is 13.9. The molecule has 0 radical (unpaired) electrons. The van der Waals surface area contributed by atoms with Crippen LogP contribution >= 0.6 is 0 Å². The molecular formula is C19H20FN5. The van der Waals surface area contributed by atoms with Gasteiger partial charge in [-0.05, 0) is 24.0 Å². The van der Waals surface area contributed by atoms with Gasteiger partial charge in [-0.15, -0.1) is 0 Å². The summed E-state index contributed by atoms with van der Waals surface area (Å²) in [6, 6.07) is 6.32. The van der Waals surface area contributed by atoms with Crippen molar-refractivity contribution in [2.24, 2.45) is 5.73 Å². The van der Waals surface area contributed by atoms with Crippen molar-refractivity contribution in [2.45, 2.75) is 31.3 Å². The summed E-state index contributed by atoms with van der Waals surface area (Å²) in [7, 11) is 0. The molecular weight excluding hydrogens is 317 g/mol. The lowest BCUT2D eigenvalue weighted by molar-refractivity contribution is 0.161. The molecule has 1 saturated carbocycles. The fourth-order valence-electron chi connectivity index (χ4n) is 4.10. The van der Waals surface area contributed by atoms with Crippen LogP contribution in [0.25, 0.3) is 11.3 Å². The van der Waals surface area contributed by atoms with E-state index in [0.717, 1.165) is 24.3 Å². The predicted molar refractivity (Wildman–Crippen MR) is 94.2 cm³/mol. The van der Waals surface area contributed by atoms with E-state index >= 15 is 0 Å². The second-order valence-electron chi connectivity index (χ2n) is 7.06. The summed E-state index contributed by atoms with van der Waals surface area (Å²) in [4.78, 5) is 10.4. The first kappa shape index (κ1) is 15.0. The van der Waals surface area contributed by atoms with Gasteiger partial charge < -0.3 is 11.1 Å². The molecule has 1 aromatic carbocycles. The lowest BCUT2D eigenvalue weighted by atomic mass is 9.90. The van der Waals surface area contributed by atoms with Crippen LogP contribution in [-0.4, -0.2) is 34.0 Å². The van der Waals surface area contributed by atoms with Crippen molar-refractivity contribution in [3.8, 4) is 11.3 Å². The van der Waals surface area contributed by atoms with Crippen molar-refractivity contribution >= 4 is 5.69 Å². The summed E-state index contributed by atoms with van der Waals surface area (Å²) in [5.74, 6) is -0.562. The van der Waals surface area contributed by atoms with Crippen molar-refractivity contribution in [3.05, 3.63) is 53.4 Å². The number of hydrogen-bond acceptors (Lipinski definition) is 5. The van der Waals surface area contributed by atoms with E-state index in [1.165, 1.54) is 42.9 Å². The molecule has 2 aliphatic heterocycles. The van der Waals surface area contributed by atoms with Gasteiger partial charge in [-0.2, -0.15) is 4.39 Å². The molecule has 1 aromatic heterocycles. The number of anilines is 1. The molecule has 1 aliphatic carbocycles. The highest BCUT2D eigenvalue weighted by Gasteiger charge is 2.37. The van der Waals surface area contributed by atoms with Gasteiger partial charge in [0, 0.05) is 42.8 Å². The van der Waals surface area contributed by atoms with Gasteiger partial charge in [0.05, 0.1) is 11.7 Å². The zero-order chi connectivity index (χ0) is 17.0. The molecule has 3 aliphatic rings. The summed E-state index contributed by atoms with van der Waals surface area (Å²) >= 11 is 0. The van der Waals surface area contributed by atoms with Crippen LogP contribution in [0.5, 0.6) is 0 Å². The van der Waals surface area contributed by atoms with Crippen LogP contribution in [-0.2, 0) is 0 Å². The Morgan fingerprint density at radius 2 is 2.00 bits per heavy atom. The van der Waals surface area contributed by atoms with Crippen molar-refractivity contribution in [2.75, 3.05) is 18.4 Å². The van der Waals surface area contributed by atoms with E-state index in [-0.39, 0.29) is 11.7 Å². The monoisotopic (exact) mass is 337 g/mol. The molecule has 5 nitrogen and oxygen atoms in total. The Balaban J connectivity index is 1.54. The largest absolute Gasteiger partial charge is 0.357 e.